The Kier molecular flexibility index (Phi) is 24.1. The van der Waals surface area contributed by atoms with Crippen molar-refractivity contribution in [2.24, 2.45) is 0 Å². The van der Waals surface area contributed by atoms with Crippen LogP contribution in [0.4, 0.5) is 0 Å². The molecule has 0 saturated heterocycles. The fourth-order valence-electron chi connectivity index (χ4n) is 1.36. The van der Waals surface area contributed by atoms with Gasteiger partial charge in [0.05, 0.1) is 6.61 Å². The summed E-state index contributed by atoms with van der Waals surface area (Å²) in [6, 6.07) is 0. The standard InChI is InChI=1S/C33H12O5.H3N.30H2/c1-3-5-7-9-11-13-15-16-18-20-22-24-26-28-33(36)38-31(29-34)30-37-32(35)27-25-23-21-19-17-14-12-10-8-6-4-2;;;;;;;;;;;;;;;;;;;;;;;;;;;;;;;/h31,34H,29-30H2,1-2H3;1H3;30*1H/t31-;;;;;;;;;;;;;;;;;;;;;;;;;;;;;;;/m1.............................../s1. The summed E-state index contributed by atoms with van der Waals surface area (Å²) >= 11 is 0. The van der Waals surface area contributed by atoms with E-state index < -0.39 is 31.3 Å². The topological polar surface area (TPSA) is 108 Å². The van der Waals surface area contributed by atoms with Gasteiger partial charge in [-0.2, -0.15) is 0 Å². The Balaban J connectivity index is -0.0000000147. The zero-order chi connectivity index (χ0) is 27.9. The van der Waals surface area contributed by atoms with Crippen LogP contribution in [-0.4, -0.2) is 36.4 Å². The van der Waals surface area contributed by atoms with Crippen molar-refractivity contribution in [3.05, 3.63) is 0 Å². The van der Waals surface area contributed by atoms with Gasteiger partial charge in [0.1, 0.15) is 6.61 Å². The first-order chi connectivity index (χ1) is 18.6. The Morgan fingerprint density at radius 3 is 1.21 bits per heavy atom. The zero-order valence-electron chi connectivity index (χ0n) is 20.8. The molecule has 242 valence electrons. The molecule has 1 atom stereocenters. The lowest BCUT2D eigenvalue weighted by atomic mass is 10.4. The lowest BCUT2D eigenvalue weighted by molar-refractivity contribution is -0.153. The molecule has 0 aromatic rings. The highest BCUT2D eigenvalue weighted by atomic mass is 16.6. The molecule has 0 bridgehead atoms. The van der Waals surface area contributed by atoms with Gasteiger partial charge in [0, 0.05) is 54.6 Å². The number of aliphatic hydroxyl groups is 1. The van der Waals surface area contributed by atoms with Gasteiger partial charge in [-0.15, -0.1) is 0 Å². The Bertz CT molecular complexity index is 1830. The van der Waals surface area contributed by atoms with Gasteiger partial charge in [-0.05, 0) is 144 Å². The second-order valence-electron chi connectivity index (χ2n) is 5.31. The monoisotopic (exact) mass is 566 g/mol. The largest absolute Gasteiger partial charge is 0.452 e. The number of esters is 2. The fraction of sp³-hybridized carbons (Fsp3) is 0.152. The summed E-state index contributed by atoms with van der Waals surface area (Å²) in [7, 11) is 0. The summed E-state index contributed by atoms with van der Waals surface area (Å²) in [4.78, 5) is 23.2. The van der Waals surface area contributed by atoms with E-state index in [9.17, 15) is 14.7 Å². The molecule has 0 rings (SSSR count). The van der Waals surface area contributed by atoms with Crippen LogP contribution in [0.5, 0.6) is 0 Å². The average Bonchev–Trinajstić information content (AvgIpc) is 2.92. The van der Waals surface area contributed by atoms with Crippen LogP contribution in [0.2, 0.25) is 0 Å². The molecule has 6 nitrogen and oxygen atoms in total. The maximum absolute atomic E-state index is 11.7. The molecule has 6 heteroatoms. The van der Waals surface area contributed by atoms with Gasteiger partial charge in [-0.25, -0.2) is 9.59 Å². The Hall–Kier alpha value is -6.86. The van der Waals surface area contributed by atoms with Gasteiger partial charge in [-0.1, -0.05) is 11.8 Å². The van der Waals surface area contributed by atoms with Crippen molar-refractivity contribution in [3.8, 4) is 154 Å². The molecule has 4 N–H and O–H groups in total. The van der Waals surface area contributed by atoms with E-state index >= 15 is 0 Å². The van der Waals surface area contributed by atoms with Crippen molar-refractivity contribution in [1.29, 1.82) is 0 Å². The molecule has 0 unspecified atom stereocenters. The Morgan fingerprint density at radius 1 is 0.564 bits per heavy atom. The second kappa shape index (κ2) is 27.4. The predicted molar refractivity (Wildman–Crippen MR) is 209 cm³/mol. The van der Waals surface area contributed by atoms with E-state index in [1.165, 1.54) is 0 Å². The summed E-state index contributed by atoms with van der Waals surface area (Å²) in [5, 5.41) is 9.25. The van der Waals surface area contributed by atoms with Gasteiger partial charge >= 0.3 is 11.9 Å². The molecule has 0 amide bonds. The van der Waals surface area contributed by atoms with E-state index in [2.05, 4.69) is 154 Å². The number of hydrogen-bond acceptors (Lipinski definition) is 6. The van der Waals surface area contributed by atoms with Gasteiger partial charge in [-0.3, -0.25) is 0 Å². The van der Waals surface area contributed by atoms with Crippen molar-refractivity contribution in [2.45, 2.75) is 20.0 Å². The first-order valence-corrected chi connectivity index (χ1v) is 9.97. The lowest BCUT2D eigenvalue weighted by Gasteiger charge is -2.12. The second-order valence-corrected chi connectivity index (χ2v) is 5.31. The summed E-state index contributed by atoms with van der Waals surface area (Å²) in [5.41, 5.74) is 0. The molecular weight excluding hydrogens is 490 g/mol. The molecule has 0 aromatic heterocycles. The van der Waals surface area contributed by atoms with Crippen LogP contribution in [0, 0.1) is 154 Å². The molecule has 0 fully saturated rings. The van der Waals surface area contributed by atoms with Crippen molar-refractivity contribution in [1.82, 2.24) is 6.15 Å². The molecule has 0 heterocycles. The quantitative estimate of drug-likeness (QED) is 0.215. The highest BCUT2D eigenvalue weighted by molar-refractivity contribution is 5.90. The predicted octanol–water partition coefficient (Wildman–Crippen LogP) is 7.06. The van der Waals surface area contributed by atoms with Gasteiger partial charge < -0.3 is 20.7 Å². The van der Waals surface area contributed by atoms with Crippen LogP contribution in [0.1, 0.15) is 56.6 Å². The molecule has 0 radical (unpaired) electrons. The third-order valence-electron chi connectivity index (χ3n) is 2.71. The van der Waals surface area contributed by atoms with E-state index in [-0.39, 0.29) is 48.9 Å². The normalized spacial score (nSPS) is 6.33. The minimum Gasteiger partial charge on any atom is -0.452 e. The first kappa shape index (κ1) is 34.3. The highest BCUT2D eigenvalue weighted by Crippen LogP contribution is 1.94. The molecule has 0 spiro atoms. The summed E-state index contributed by atoms with van der Waals surface area (Å²) in [6.07, 6.45) is -1.15. The van der Waals surface area contributed by atoms with E-state index in [0.29, 0.717) is 0 Å². The van der Waals surface area contributed by atoms with Crippen LogP contribution in [0.25, 0.3) is 0 Å². The van der Waals surface area contributed by atoms with E-state index in [4.69, 9.17) is 9.47 Å². The molecule has 39 heavy (non-hydrogen) atoms. The lowest BCUT2D eigenvalue weighted by Crippen LogP contribution is -2.27. The number of ether oxygens (including phenoxy) is 2. The first-order valence-electron chi connectivity index (χ1n) is 9.97. The molecular formula is C33H75NO5. The van der Waals surface area contributed by atoms with Crippen LogP contribution in [0.3, 0.4) is 0 Å². The Labute approximate surface area is 273 Å². The molecule has 0 aliphatic carbocycles. The number of carbonyl (C=O) groups is 2. The number of aliphatic hydroxyl groups excluding tert-OH is 1. The minimum atomic E-state index is -1.15. The molecule has 0 aliphatic rings. The molecule has 0 saturated carbocycles. The van der Waals surface area contributed by atoms with E-state index in [1.54, 1.807) is 13.8 Å². The molecule has 0 aliphatic heterocycles. The fourth-order valence-corrected chi connectivity index (χ4v) is 1.36. The third kappa shape index (κ3) is 25.6. The van der Waals surface area contributed by atoms with Gasteiger partial charge in [0.15, 0.2) is 6.10 Å². The van der Waals surface area contributed by atoms with Gasteiger partial charge in [0.2, 0.25) is 0 Å². The number of carbonyl (C=O) groups excluding carboxylic acids is 2. The highest BCUT2D eigenvalue weighted by Gasteiger charge is 2.14. The van der Waals surface area contributed by atoms with Crippen molar-refractivity contribution in [3.63, 3.8) is 0 Å². The van der Waals surface area contributed by atoms with Crippen LogP contribution in [-0.2, 0) is 19.1 Å². The summed E-state index contributed by atoms with van der Waals surface area (Å²) in [6.45, 7) is 2.26. The SMILES string of the molecule is CC#CC#CC#CC#CC#CC#CC#CC(=O)O[C@H](CO)COC(=O)C#CC#CC#CC#CC#CC#CC.N.[HH].[HH].[HH].[HH].[HH].[HH].[HH].[HH].[HH].[HH].[HH].[HH].[HH].[HH].[HH].[HH].[HH].[HH].[HH].[HH].[HH].[HH].[HH].[HH].[HH].[HH].[HH].[HH].[HH].[HH]. The van der Waals surface area contributed by atoms with E-state index in [0.717, 1.165) is 0 Å². The van der Waals surface area contributed by atoms with Crippen LogP contribution in [0.15, 0.2) is 0 Å². The van der Waals surface area contributed by atoms with Crippen LogP contribution >= 0.6 is 0 Å². The van der Waals surface area contributed by atoms with Crippen molar-refractivity contribution >= 4 is 11.9 Å². The summed E-state index contributed by atoms with van der Waals surface area (Å²) < 4.78 is 9.62. The smallest absolute Gasteiger partial charge is 0.385 e. The third-order valence-corrected chi connectivity index (χ3v) is 2.71. The minimum absolute atomic E-state index is 0. The van der Waals surface area contributed by atoms with E-state index in [1.807, 2.05) is 0 Å². The zero-order valence-corrected chi connectivity index (χ0v) is 20.8. The van der Waals surface area contributed by atoms with Crippen LogP contribution < -0.4 is 6.15 Å². The average molecular weight is 566 g/mol. The molecule has 0 aromatic carbocycles. The number of rotatable bonds is 4. The maximum atomic E-state index is 11.7. The van der Waals surface area contributed by atoms with Crippen molar-refractivity contribution < 1.29 is 67.0 Å². The van der Waals surface area contributed by atoms with Crippen molar-refractivity contribution in [2.75, 3.05) is 13.2 Å². The van der Waals surface area contributed by atoms with Gasteiger partial charge in [0.25, 0.3) is 0 Å². The Morgan fingerprint density at radius 2 is 0.872 bits per heavy atom. The maximum Gasteiger partial charge on any atom is 0.385 e. The summed E-state index contributed by atoms with van der Waals surface area (Å²) in [5.74, 6) is 60.5. The number of hydrogen-bond donors (Lipinski definition) is 2.